The van der Waals surface area contributed by atoms with Crippen molar-refractivity contribution in [3.63, 3.8) is 0 Å². The molecule has 0 fully saturated rings. The molecule has 152 valence electrons. The fourth-order valence-corrected chi connectivity index (χ4v) is 3.37. The first-order valence-electron chi connectivity index (χ1n) is 8.80. The molecule has 0 saturated heterocycles. The van der Waals surface area contributed by atoms with Gasteiger partial charge in [0.05, 0.1) is 5.69 Å². The highest BCUT2D eigenvalue weighted by atomic mass is 19.3. The molecule has 1 aromatic carbocycles. The third kappa shape index (κ3) is 2.97. The van der Waals surface area contributed by atoms with E-state index < -0.39 is 29.4 Å². The number of aliphatic imine (C=N–C) groups is 1. The van der Waals surface area contributed by atoms with Crippen molar-refractivity contribution in [3.05, 3.63) is 77.5 Å². The number of likely N-dealkylation sites (N-methyl/N-ethyl adjacent to an activating group) is 1. The molecule has 1 amide bonds. The highest BCUT2D eigenvalue weighted by molar-refractivity contribution is 6.09. The Bertz CT molecular complexity index is 1150. The zero-order valence-corrected chi connectivity index (χ0v) is 15.6. The lowest BCUT2D eigenvalue weighted by Gasteiger charge is -2.27. The van der Waals surface area contributed by atoms with Gasteiger partial charge in [-0.05, 0) is 48.0 Å². The maximum Gasteiger partial charge on any atom is 0.280 e. The van der Waals surface area contributed by atoms with Gasteiger partial charge in [-0.25, -0.2) is 18.2 Å². The highest BCUT2D eigenvalue weighted by Gasteiger charge is 2.51. The first-order valence-corrected chi connectivity index (χ1v) is 8.80. The predicted octanol–water partition coefficient (Wildman–Crippen LogP) is 2.65. The molecule has 0 spiro atoms. The van der Waals surface area contributed by atoms with Crippen molar-refractivity contribution in [1.29, 1.82) is 0 Å². The second kappa shape index (κ2) is 7.21. The van der Waals surface area contributed by atoms with Crippen molar-refractivity contribution in [2.45, 2.75) is 12.0 Å². The van der Waals surface area contributed by atoms with E-state index in [2.05, 4.69) is 20.2 Å². The third-order valence-corrected chi connectivity index (χ3v) is 4.89. The number of hydrogen-bond donors (Lipinski definition) is 1. The standard InChI is InChI=1S/C20H15F3N6O/c1-29-18(30)20(27-19(29)24,12-6-8-25-16(10-12)17(22)23)13-9-11(4-5-14(13)21)15-3-2-7-26-28-15/h2-10,17H,1H3,(H2,24,27). The molecule has 2 N–H and O–H groups in total. The van der Waals surface area contributed by atoms with E-state index in [-0.39, 0.29) is 17.1 Å². The summed E-state index contributed by atoms with van der Waals surface area (Å²) in [5.41, 5.74) is 4.11. The summed E-state index contributed by atoms with van der Waals surface area (Å²) in [7, 11) is 1.38. The summed E-state index contributed by atoms with van der Waals surface area (Å²) >= 11 is 0. The molecule has 0 aliphatic carbocycles. The largest absolute Gasteiger partial charge is 0.369 e. The fraction of sp³-hybridized carbons (Fsp3) is 0.150. The Morgan fingerprint density at radius 3 is 2.57 bits per heavy atom. The third-order valence-electron chi connectivity index (χ3n) is 4.89. The Morgan fingerprint density at radius 1 is 1.13 bits per heavy atom. The minimum absolute atomic E-state index is 0.0281. The van der Waals surface area contributed by atoms with Crippen LogP contribution in [0.2, 0.25) is 0 Å². The van der Waals surface area contributed by atoms with E-state index in [1.165, 1.54) is 31.4 Å². The van der Waals surface area contributed by atoms with Crippen LogP contribution in [0.4, 0.5) is 13.2 Å². The maximum atomic E-state index is 15.1. The lowest BCUT2D eigenvalue weighted by atomic mass is 9.81. The zero-order valence-electron chi connectivity index (χ0n) is 15.6. The monoisotopic (exact) mass is 412 g/mol. The second-order valence-corrected chi connectivity index (χ2v) is 6.62. The Balaban J connectivity index is 2.00. The molecule has 4 rings (SSSR count). The van der Waals surface area contributed by atoms with Crippen LogP contribution in [0.5, 0.6) is 0 Å². The molecule has 1 aliphatic heterocycles. The minimum Gasteiger partial charge on any atom is -0.369 e. The Kier molecular flexibility index (Phi) is 4.69. The van der Waals surface area contributed by atoms with Crippen LogP contribution in [-0.2, 0) is 10.3 Å². The van der Waals surface area contributed by atoms with E-state index in [0.717, 1.165) is 23.2 Å². The summed E-state index contributed by atoms with van der Waals surface area (Å²) in [5.74, 6) is -1.60. The summed E-state index contributed by atoms with van der Waals surface area (Å²) < 4.78 is 41.6. The number of carbonyl (C=O) groups is 1. The minimum atomic E-state index is -2.88. The molecule has 1 atom stereocenters. The van der Waals surface area contributed by atoms with Crippen molar-refractivity contribution in [2.24, 2.45) is 10.7 Å². The normalized spacial score (nSPS) is 18.8. The van der Waals surface area contributed by atoms with Crippen LogP contribution >= 0.6 is 0 Å². The van der Waals surface area contributed by atoms with E-state index in [4.69, 9.17) is 5.73 Å². The summed E-state index contributed by atoms with van der Waals surface area (Å²) in [5, 5.41) is 7.79. The highest BCUT2D eigenvalue weighted by Crippen LogP contribution is 2.42. The number of halogens is 3. The lowest BCUT2D eigenvalue weighted by molar-refractivity contribution is -0.129. The van der Waals surface area contributed by atoms with Gasteiger partial charge in [-0.15, -0.1) is 0 Å². The van der Waals surface area contributed by atoms with E-state index in [9.17, 15) is 13.6 Å². The molecular formula is C20H15F3N6O. The molecule has 2 aromatic heterocycles. The number of nitrogens with two attached hydrogens (primary N) is 1. The van der Waals surface area contributed by atoms with Crippen LogP contribution in [0.15, 0.2) is 59.9 Å². The summed E-state index contributed by atoms with van der Waals surface area (Å²) in [6, 6.07) is 9.73. The molecule has 7 nitrogen and oxygen atoms in total. The van der Waals surface area contributed by atoms with Gasteiger partial charge in [0.15, 0.2) is 11.5 Å². The number of amides is 1. The number of aromatic nitrogens is 3. The number of carbonyl (C=O) groups excluding carboxylic acids is 1. The van der Waals surface area contributed by atoms with Crippen LogP contribution < -0.4 is 5.73 Å². The lowest BCUT2D eigenvalue weighted by Crippen LogP contribution is -2.41. The van der Waals surface area contributed by atoms with Crippen molar-refractivity contribution in [1.82, 2.24) is 20.1 Å². The predicted molar refractivity (Wildman–Crippen MR) is 102 cm³/mol. The first-order chi connectivity index (χ1) is 14.3. The average molecular weight is 412 g/mol. The van der Waals surface area contributed by atoms with Gasteiger partial charge in [0, 0.05) is 30.6 Å². The number of nitrogens with zero attached hydrogens (tertiary/aromatic N) is 5. The van der Waals surface area contributed by atoms with Gasteiger partial charge in [-0.2, -0.15) is 10.2 Å². The fourth-order valence-electron chi connectivity index (χ4n) is 3.37. The van der Waals surface area contributed by atoms with Gasteiger partial charge in [0.1, 0.15) is 11.5 Å². The molecule has 30 heavy (non-hydrogen) atoms. The topological polar surface area (TPSA) is 97.4 Å². The van der Waals surface area contributed by atoms with Gasteiger partial charge < -0.3 is 5.73 Å². The molecule has 1 aliphatic rings. The molecule has 3 heterocycles. The van der Waals surface area contributed by atoms with Crippen LogP contribution in [-0.4, -0.2) is 39.0 Å². The van der Waals surface area contributed by atoms with E-state index in [1.807, 2.05) is 0 Å². The van der Waals surface area contributed by atoms with Crippen LogP contribution in [0.1, 0.15) is 23.2 Å². The molecule has 3 aromatic rings. The van der Waals surface area contributed by atoms with E-state index in [0.29, 0.717) is 11.3 Å². The Morgan fingerprint density at radius 2 is 1.93 bits per heavy atom. The average Bonchev–Trinajstić information content (AvgIpc) is 2.99. The summed E-state index contributed by atoms with van der Waals surface area (Å²) in [6.07, 6.45) is -0.271. The summed E-state index contributed by atoms with van der Waals surface area (Å²) in [6.45, 7) is 0. The van der Waals surface area contributed by atoms with Crippen LogP contribution in [0, 0.1) is 5.82 Å². The van der Waals surface area contributed by atoms with Crippen molar-refractivity contribution >= 4 is 11.9 Å². The summed E-state index contributed by atoms with van der Waals surface area (Å²) in [4.78, 5) is 22.2. The Hall–Kier alpha value is -3.82. The quantitative estimate of drug-likeness (QED) is 0.711. The molecule has 1 unspecified atom stereocenters. The second-order valence-electron chi connectivity index (χ2n) is 6.62. The number of alkyl halides is 2. The smallest absolute Gasteiger partial charge is 0.280 e. The van der Waals surface area contributed by atoms with E-state index in [1.54, 1.807) is 12.1 Å². The van der Waals surface area contributed by atoms with Crippen molar-refractivity contribution in [3.8, 4) is 11.3 Å². The number of pyridine rings is 1. The van der Waals surface area contributed by atoms with Crippen molar-refractivity contribution in [2.75, 3.05) is 7.05 Å². The number of rotatable bonds is 4. The van der Waals surface area contributed by atoms with Crippen LogP contribution in [0.3, 0.4) is 0 Å². The molecular weight excluding hydrogens is 397 g/mol. The number of benzene rings is 1. The van der Waals surface area contributed by atoms with E-state index >= 15 is 4.39 Å². The Labute approximate surface area is 169 Å². The zero-order chi connectivity index (χ0) is 21.5. The number of hydrogen-bond acceptors (Lipinski definition) is 6. The van der Waals surface area contributed by atoms with Crippen LogP contribution in [0.25, 0.3) is 11.3 Å². The first kappa shape index (κ1) is 19.5. The molecule has 0 bridgehead atoms. The van der Waals surface area contributed by atoms with Gasteiger partial charge in [-0.3, -0.25) is 14.7 Å². The SMILES string of the molecule is CN1C(=O)C(c2ccnc(C(F)F)c2)(c2cc(-c3cccnn3)ccc2F)N=C1N. The van der Waals surface area contributed by atoms with Crippen molar-refractivity contribution < 1.29 is 18.0 Å². The number of guanidine groups is 1. The van der Waals surface area contributed by atoms with Gasteiger partial charge in [0.25, 0.3) is 12.3 Å². The molecule has 10 heteroatoms. The maximum absolute atomic E-state index is 15.1. The van der Waals surface area contributed by atoms with Gasteiger partial charge >= 0.3 is 0 Å². The molecule has 0 saturated carbocycles. The van der Waals surface area contributed by atoms with Gasteiger partial charge in [0.2, 0.25) is 0 Å². The van der Waals surface area contributed by atoms with Gasteiger partial charge in [-0.1, -0.05) is 0 Å². The molecule has 0 radical (unpaired) electrons.